The molecule has 5 N–H and O–H groups in total. The van der Waals surface area contributed by atoms with E-state index in [2.05, 4.69) is 20.6 Å². The maximum absolute atomic E-state index is 14.9. The lowest BCUT2D eigenvalue weighted by Crippen LogP contribution is -2.38. The van der Waals surface area contributed by atoms with Crippen molar-refractivity contribution in [3.05, 3.63) is 34.7 Å². The predicted octanol–water partition coefficient (Wildman–Crippen LogP) is 4.17. The van der Waals surface area contributed by atoms with Gasteiger partial charge in [0.1, 0.15) is 11.3 Å². The van der Waals surface area contributed by atoms with Crippen molar-refractivity contribution in [1.82, 2.24) is 19.5 Å². The molecule has 2 aromatic heterocycles. The lowest BCUT2D eigenvalue weighted by molar-refractivity contribution is -0.128. The second kappa shape index (κ2) is 9.76. The number of fused-ring (bicyclic) bond motifs is 1. The molecule has 2 atom stereocenters. The maximum Gasteiger partial charge on any atom is 0.224 e. The highest BCUT2D eigenvalue weighted by Crippen LogP contribution is 2.43. The molecular formula is C25H28ClFN8O2. The quantitative estimate of drug-likeness (QED) is 0.373. The van der Waals surface area contributed by atoms with Crippen LogP contribution in [0, 0.1) is 22.6 Å². The number of carbonyl (C=O) groups excluding carboxylic acids is 1. The highest BCUT2D eigenvalue weighted by molar-refractivity contribution is 6.33. The van der Waals surface area contributed by atoms with E-state index in [4.69, 9.17) is 27.6 Å². The van der Waals surface area contributed by atoms with Crippen LogP contribution in [0.15, 0.2) is 18.3 Å². The van der Waals surface area contributed by atoms with Crippen LogP contribution < -0.4 is 16.4 Å². The summed E-state index contributed by atoms with van der Waals surface area (Å²) in [6, 6.07) is 4.36. The van der Waals surface area contributed by atoms with Crippen LogP contribution in [0.5, 0.6) is 0 Å². The lowest BCUT2D eigenvalue weighted by Gasteiger charge is -2.35. The zero-order chi connectivity index (χ0) is 26.3. The van der Waals surface area contributed by atoms with Gasteiger partial charge in [-0.3, -0.25) is 9.36 Å². The molecule has 2 saturated carbocycles. The monoisotopic (exact) mass is 526 g/mol. The largest absolute Gasteiger partial charge is 0.393 e. The van der Waals surface area contributed by atoms with Crippen LogP contribution in [-0.4, -0.2) is 42.7 Å². The van der Waals surface area contributed by atoms with E-state index in [0.29, 0.717) is 55.2 Å². The number of carbonyl (C=O) groups is 1. The number of hydrogen-bond acceptors (Lipinski definition) is 8. The van der Waals surface area contributed by atoms with Crippen molar-refractivity contribution in [2.75, 3.05) is 10.6 Å². The summed E-state index contributed by atoms with van der Waals surface area (Å²) < 4.78 is 16.8. The third kappa shape index (κ3) is 4.91. The fraction of sp³-hybridized carbons (Fsp3) is 0.480. The first-order valence-electron chi connectivity index (χ1n) is 12.3. The van der Waals surface area contributed by atoms with Crippen molar-refractivity contribution in [3.63, 3.8) is 0 Å². The minimum Gasteiger partial charge on any atom is -0.393 e. The molecular weight excluding hydrogens is 499 g/mol. The number of nitrogens with two attached hydrogens (primary N) is 1. The molecule has 2 aliphatic carbocycles. The van der Waals surface area contributed by atoms with E-state index in [9.17, 15) is 14.3 Å². The van der Waals surface area contributed by atoms with E-state index in [1.165, 1.54) is 6.07 Å². The summed E-state index contributed by atoms with van der Waals surface area (Å²) in [7, 11) is 0. The molecule has 5 rings (SSSR count). The topological polar surface area (TPSA) is 155 Å². The summed E-state index contributed by atoms with van der Waals surface area (Å²) in [4.78, 5) is 25.8. The van der Waals surface area contributed by atoms with Crippen LogP contribution in [0.3, 0.4) is 0 Å². The molecule has 194 valence electrons. The van der Waals surface area contributed by atoms with Crippen molar-refractivity contribution >= 4 is 46.3 Å². The number of rotatable bonds is 6. The molecule has 2 fully saturated rings. The van der Waals surface area contributed by atoms with E-state index in [1.807, 2.05) is 17.6 Å². The summed E-state index contributed by atoms with van der Waals surface area (Å²) in [5.74, 6) is -0.254. The maximum atomic E-state index is 14.9. The van der Waals surface area contributed by atoms with Crippen molar-refractivity contribution in [2.45, 2.75) is 70.1 Å². The molecule has 0 spiro atoms. The molecule has 3 aromatic rings. The van der Waals surface area contributed by atoms with Gasteiger partial charge in [0, 0.05) is 17.5 Å². The molecule has 2 aliphatic rings. The Hall–Kier alpha value is -3.49. The number of benzene rings is 1. The highest BCUT2D eigenvalue weighted by Gasteiger charge is 2.38. The zero-order valence-electron chi connectivity index (χ0n) is 20.3. The number of hydrogen-bond donors (Lipinski definition) is 4. The van der Waals surface area contributed by atoms with Crippen molar-refractivity contribution in [1.29, 1.82) is 5.26 Å². The molecule has 12 heteroatoms. The van der Waals surface area contributed by atoms with Gasteiger partial charge in [-0.25, -0.2) is 14.4 Å². The van der Waals surface area contributed by atoms with Gasteiger partial charge in [0.25, 0.3) is 0 Å². The van der Waals surface area contributed by atoms with Crippen LogP contribution in [0.25, 0.3) is 11.2 Å². The van der Waals surface area contributed by atoms with E-state index < -0.39 is 11.2 Å². The Kier molecular flexibility index (Phi) is 6.64. The molecule has 0 saturated heterocycles. The number of imidazole rings is 1. The fourth-order valence-corrected chi connectivity index (χ4v) is 5.53. The van der Waals surface area contributed by atoms with E-state index in [1.54, 1.807) is 6.20 Å². The van der Waals surface area contributed by atoms with E-state index in [0.717, 1.165) is 18.9 Å². The zero-order valence-corrected chi connectivity index (χ0v) is 21.1. The van der Waals surface area contributed by atoms with Crippen LogP contribution in [0.4, 0.5) is 22.0 Å². The van der Waals surface area contributed by atoms with Crippen LogP contribution in [0.1, 0.15) is 63.5 Å². The molecule has 1 aromatic carbocycles. The minimum atomic E-state index is -0.680. The van der Waals surface area contributed by atoms with E-state index >= 15 is 0 Å². The number of aliphatic hydroxyl groups is 1. The van der Waals surface area contributed by atoms with Gasteiger partial charge in [-0.2, -0.15) is 10.2 Å². The first-order valence-corrected chi connectivity index (χ1v) is 12.7. The van der Waals surface area contributed by atoms with E-state index in [-0.39, 0.29) is 40.4 Å². The van der Waals surface area contributed by atoms with Gasteiger partial charge in [0.2, 0.25) is 17.8 Å². The van der Waals surface area contributed by atoms with Gasteiger partial charge in [0.15, 0.2) is 5.65 Å². The Bertz CT molecular complexity index is 1370. The van der Waals surface area contributed by atoms with Gasteiger partial charge in [-0.05, 0) is 57.1 Å². The molecule has 1 amide bonds. The highest BCUT2D eigenvalue weighted by atomic mass is 35.5. The summed E-state index contributed by atoms with van der Waals surface area (Å²) in [5, 5.41) is 25.3. The third-order valence-corrected chi connectivity index (χ3v) is 7.90. The Morgan fingerprint density at radius 3 is 2.68 bits per heavy atom. The number of nitrogens with one attached hydrogen (secondary N) is 2. The fourth-order valence-electron chi connectivity index (χ4n) is 5.28. The number of primary amides is 1. The number of aromatic nitrogens is 4. The van der Waals surface area contributed by atoms with Gasteiger partial charge in [-0.1, -0.05) is 18.5 Å². The molecule has 37 heavy (non-hydrogen) atoms. The van der Waals surface area contributed by atoms with Crippen LogP contribution in [0.2, 0.25) is 5.02 Å². The Morgan fingerprint density at radius 2 is 2.05 bits per heavy atom. The number of nitrogens with zero attached hydrogens (tertiary/aromatic N) is 5. The molecule has 0 aliphatic heterocycles. The summed E-state index contributed by atoms with van der Waals surface area (Å²) >= 11 is 6.30. The SMILES string of the molecule is CC1(C(N)=O)CCC(n2c(Nc3c(F)cc(C#N)cc3Cl)nc3cnc(N[C@H]4CC[C@H](O)C4)nc32)CC1. The van der Waals surface area contributed by atoms with Gasteiger partial charge in [0.05, 0.1) is 34.6 Å². The first-order chi connectivity index (χ1) is 17.7. The van der Waals surface area contributed by atoms with Crippen molar-refractivity contribution < 1.29 is 14.3 Å². The summed E-state index contributed by atoms with van der Waals surface area (Å²) in [5.41, 5.74) is 6.24. The third-order valence-electron chi connectivity index (χ3n) is 7.60. The average Bonchev–Trinajstić information content (AvgIpc) is 3.44. The van der Waals surface area contributed by atoms with Gasteiger partial charge >= 0.3 is 0 Å². The smallest absolute Gasteiger partial charge is 0.224 e. The first kappa shape index (κ1) is 25.2. The molecule has 2 heterocycles. The molecule has 10 nitrogen and oxygen atoms in total. The van der Waals surface area contributed by atoms with Crippen molar-refractivity contribution in [2.24, 2.45) is 11.1 Å². The number of halogens is 2. The molecule has 0 unspecified atom stereocenters. The standard InChI is InChI=1S/C25H28ClFN8O2/c1-25(22(29)37)6-4-15(5-7-25)35-21-19(12-30-23(34-21)31-14-2-3-16(36)10-14)32-24(35)33-20-17(26)8-13(11-28)9-18(20)27/h8-9,12,14-16,36H,2-7,10H2,1H3,(H2,29,37)(H,32,33)(H,30,31,34)/t14-,15?,16-,25?/m0/s1. The van der Waals surface area contributed by atoms with Crippen molar-refractivity contribution in [3.8, 4) is 6.07 Å². The second-order valence-corrected chi connectivity index (χ2v) is 10.6. The number of anilines is 3. The summed E-state index contributed by atoms with van der Waals surface area (Å²) in [6.45, 7) is 1.88. The summed E-state index contributed by atoms with van der Waals surface area (Å²) in [6.07, 6.45) is 5.90. The van der Waals surface area contributed by atoms with Gasteiger partial charge in [-0.15, -0.1) is 0 Å². The Balaban J connectivity index is 1.54. The number of aliphatic hydroxyl groups excluding tert-OH is 1. The van der Waals surface area contributed by atoms with Crippen LogP contribution >= 0.6 is 11.6 Å². The molecule has 0 bridgehead atoms. The number of amides is 1. The van der Waals surface area contributed by atoms with Crippen LogP contribution in [-0.2, 0) is 4.79 Å². The molecule has 0 radical (unpaired) electrons. The second-order valence-electron chi connectivity index (χ2n) is 10.2. The Labute approximate surface area is 218 Å². The lowest BCUT2D eigenvalue weighted by atomic mass is 9.73. The number of nitriles is 1. The predicted molar refractivity (Wildman–Crippen MR) is 137 cm³/mol. The Morgan fingerprint density at radius 1 is 1.30 bits per heavy atom. The average molecular weight is 527 g/mol. The van der Waals surface area contributed by atoms with Gasteiger partial charge < -0.3 is 21.5 Å². The normalized spacial score (nSPS) is 25.6. The minimum absolute atomic E-state index is 0.00116.